The fourth-order valence-corrected chi connectivity index (χ4v) is 1.55. The van der Waals surface area contributed by atoms with Gasteiger partial charge in [0.15, 0.2) is 0 Å². The summed E-state index contributed by atoms with van der Waals surface area (Å²) >= 11 is 0. The number of ether oxygens (including phenoxy) is 1. The van der Waals surface area contributed by atoms with Gasteiger partial charge in [0.1, 0.15) is 6.54 Å². The van der Waals surface area contributed by atoms with Crippen LogP contribution in [0.2, 0.25) is 0 Å². The molecule has 0 saturated carbocycles. The molecule has 0 aliphatic heterocycles. The van der Waals surface area contributed by atoms with E-state index in [1.54, 1.807) is 32.2 Å². The van der Waals surface area contributed by atoms with Crippen LogP contribution in [0.5, 0.6) is 5.88 Å². The third-order valence-electron chi connectivity index (χ3n) is 2.64. The molecule has 0 unspecified atom stereocenters. The van der Waals surface area contributed by atoms with Crippen LogP contribution in [0, 0.1) is 0 Å². The van der Waals surface area contributed by atoms with E-state index >= 15 is 0 Å². The summed E-state index contributed by atoms with van der Waals surface area (Å²) in [6.45, 7) is 3.47. The van der Waals surface area contributed by atoms with Crippen LogP contribution in [-0.2, 0) is 11.3 Å². The number of rotatable bonds is 6. The number of aromatic nitrogens is 1. The van der Waals surface area contributed by atoms with Gasteiger partial charge in [0.05, 0.1) is 7.11 Å². The lowest BCUT2D eigenvalue weighted by Gasteiger charge is -2.25. The summed E-state index contributed by atoms with van der Waals surface area (Å²) in [6, 6.07) is 2.86. The Morgan fingerprint density at radius 1 is 1.45 bits per heavy atom. The molecule has 0 saturated heterocycles. The number of carboxylic acids is 1. The van der Waals surface area contributed by atoms with Crippen LogP contribution in [0.15, 0.2) is 18.3 Å². The minimum atomic E-state index is -1.04. The van der Waals surface area contributed by atoms with Crippen molar-refractivity contribution in [2.45, 2.75) is 26.4 Å². The first-order chi connectivity index (χ1) is 9.43. The van der Waals surface area contributed by atoms with E-state index in [0.29, 0.717) is 5.88 Å². The maximum absolute atomic E-state index is 11.9. The average molecular weight is 281 g/mol. The summed E-state index contributed by atoms with van der Waals surface area (Å²) < 4.78 is 4.94. The van der Waals surface area contributed by atoms with E-state index in [0.717, 1.165) is 5.56 Å². The molecule has 0 spiro atoms. The zero-order chi connectivity index (χ0) is 15.1. The highest BCUT2D eigenvalue weighted by Crippen LogP contribution is 2.06. The molecular weight excluding hydrogens is 262 g/mol. The van der Waals surface area contributed by atoms with Crippen molar-refractivity contribution < 1.29 is 19.4 Å². The number of pyridine rings is 1. The van der Waals surface area contributed by atoms with E-state index in [-0.39, 0.29) is 19.1 Å². The second kappa shape index (κ2) is 7.32. The Morgan fingerprint density at radius 2 is 2.15 bits per heavy atom. The normalized spacial score (nSPS) is 10.2. The lowest BCUT2D eigenvalue weighted by atomic mass is 10.3. The van der Waals surface area contributed by atoms with Gasteiger partial charge in [0.2, 0.25) is 5.88 Å². The van der Waals surface area contributed by atoms with Crippen molar-refractivity contribution >= 4 is 12.0 Å². The van der Waals surface area contributed by atoms with E-state index in [1.165, 1.54) is 12.0 Å². The van der Waals surface area contributed by atoms with Gasteiger partial charge in [-0.2, -0.15) is 0 Å². The van der Waals surface area contributed by atoms with Crippen LogP contribution in [0.4, 0.5) is 4.79 Å². The number of nitrogens with one attached hydrogen (secondary N) is 1. The smallest absolute Gasteiger partial charge is 0.323 e. The van der Waals surface area contributed by atoms with Gasteiger partial charge in [-0.15, -0.1) is 0 Å². The number of urea groups is 1. The first kappa shape index (κ1) is 15.7. The van der Waals surface area contributed by atoms with Gasteiger partial charge in [0.25, 0.3) is 0 Å². The fraction of sp³-hybridized carbons (Fsp3) is 0.462. The van der Waals surface area contributed by atoms with Crippen LogP contribution >= 0.6 is 0 Å². The fourth-order valence-electron chi connectivity index (χ4n) is 1.55. The molecule has 0 bridgehead atoms. The van der Waals surface area contributed by atoms with Gasteiger partial charge in [-0.3, -0.25) is 4.79 Å². The van der Waals surface area contributed by atoms with Crippen molar-refractivity contribution in [3.05, 3.63) is 23.9 Å². The predicted molar refractivity (Wildman–Crippen MR) is 72.5 cm³/mol. The molecule has 2 N–H and O–H groups in total. The number of hydrogen-bond donors (Lipinski definition) is 2. The number of methoxy groups -OCH3 is 1. The molecule has 1 aromatic rings. The van der Waals surface area contributed by atoms with Gasteiger partial charge in [-0.05, 0) is 19.4 Å². The minimum Gasteiger partial charge on any atom is -0.481 e. The molecule has 7 nitrogen and oxygen atoms in total. The summed E-state index contributed by atoms with van der Waals surface area (Å²) in [6.07, 6.45) is 1.59. The summed E-state index contributed by atoms with van der Waals surface area (Å²) in [4.78, 5) is 27.9. The molecule has 2 amide bonds. The second-order valence-corrected chi connectivity index (χ2v) is 4.48. The van der Waals surface area contributed by atoms with Crippen molar-refractivity contribution in [2.75, 3.05) is 13.7 Å². The highest BCUT2D eigenvalue weighted by atomic mass is 16.5. The third kappa shape index (κ3) is 4.75. The number of carbonyl (C=O) groups is 2. The zero-order valence-electron chi connectivity index (χ0n) is 11.8. The molecule has 0 aliphatic rings. The topological polar surface area (TPSA) is 91.8 Å². The first-order valence-corrected chi connectivity index (χ1v) is 6.19. The number of amides is 2. The van der Waals surface area contributed by atoms with Gasteiger partial charge in [-0.25, -0.2) is 9.78 Å². The van der Waals surface area contributed by atoms with E-state index in [9.17, 15) is 9.59 Å². The molecule has 1 heterocycles. The number of nitrogens with zero attached hydrogens (tertiary/aromatic N) is 2. The maximum Gasteiger partial charge on any atom is 0.323 e. The number of aliphatic carboxylic acids is 1. The average Bonchev–Trinajstić information content (AvgIpc) is 2.42. The van der Waals surface area contributed by atoms with Crippen LogP contribution in [0.3, 0.4) is 0 Å². The molecule has 110 valence electrons. The molecule has 0 radical (unpaired) electrons. The molecule has 0 aliphatic carbocycles. The Kier molecular flexibility index (Phi) is 5.76. The van der Waals surface area contributed by atoms with E-state index in [1.807, 2.05) is 0 Å². The molecule has 20 heavy (non-hydrogen) atoms. The maximum atomic E-state index is 11.9. The monoisotopic (exact) mass is 281 g/mol. The zero-order valence-corrected chi connectivity index (χ0v) is 11.8. The molecular formula is C13H19N3O4. The second-order valence-electron chi connectivity index (χ2n) is 4.48. The molecule has 7 heteroatoms. The molecule has 1 rings (SSSR count). The van der Waals surface area contributed by atoms with E-state index in [2.05, 4.69) is 10.3 Å². The van der Waals surface area contributed by atoms with Crippen LogP contribution in [-0.4, -0.2) is 46.7 Å². The van der Waals surface area contributed by atoms with Gasteiger partial charge < -0.3 is 20.1 Å². The summed E-state index contributed by atoms with van der Waals surface area (Å²) in [5.41, 5.74) is 0.804. The number of carboxylic acid groups (broad SMARTS) is 1. The largest absolute Gasteiger partial charge is 0.481 e. The first-order valence-electron chi connectivity index (χ1n) is 6.19. The van der Waals surface area contributed by atoms with E-state index in [4.69, 9.17) is 9.84 Å². The highest BCUT2D eigenvalue weighted by Gasteiger charge is 2.19. The van der Waals surface area contributed by atoms with Gasteiger partial charge in [0, 0.05) is 24.8 Å². The molecule has 1 aromatic heterocycles. The Bertz CT molecular complexity index is 459. The minimum absolute atomic E-state index is 0.194. The van der Waals surface area contributed by atoms with Crippen LogP contribution in [0.25, 0.3) is 0 Å². The quantitative estimate of drug-likeness (QED) is 0.814. The lowest BCUT2D eigenvalue weighted by Crippen LogP contribution is -2.46. The standard InChI is InChI=1S/C13H19N3O4/c1-9(2)16(8-12(17)18)13(19)15-7-10-4-5-11(20-3)14-6-10/h4-6,9H,7-8H2,1-3H3,(H,15,19)(H,17,18). The van der Waals surface area contributed by atoms with Crippen molar-refractivity contribution in [1.82, 2.24) is 15.2 Å². The summed E-state index contributed by atoms with van der Waals surface area (Å²) in [7, 11) is 1.52. The molecule has 0 fully saturated rings. The number of hydrogen-bond acceptors (Lipinski definition) is 4. The van der Waals surface area contributed by atoms with Crippen molar-refractivity contribution in [1.29, 1.82) is 0 Å². The Morgan fingerprint density at radius 3 is 2.60 bits per heavy atom. The van der Waals surface area contributed by atoms with Crippen molar-refractivity contribution in [2.24, 2.45) is 0 Å². The Balaban J connectivity index is 2.57. The lowest BCUT2D eigenvalue weighted by molar-refractivity contribution is -0.138. The van der Waals surface area contributed by atoms with E-state index < -0.39 is 12.0 Å². The Labute approximate surface area is 117 Å². The van der Waals surface area contributed by atoms with Crippen molar-refractivity contribution in [3.63, 3.8) is 0 Å². The number of carbonyl (C=O) groups excluding carboxylic acids is 1. The van der Waals surface area contributed by atoms with Crippen LogP contribution < -0.4 is 10.1 Å². The molecule has 0 atom stereocenters. The summed E-state index contributed by atoms with van der Waals surface area (Å²) in [5, 5.41) is 11.4. The molecule has 0 aromatic carbocycles. The van der Waals surface area contributed by atoms with Crippen molar-refractivity contribution in [3.8, 4) is 5.88 Å². The Hall–Kier alpha value is -2.31. The highest BCUT2D eigenvalue weighted by molar-refractivity contribution is 5.80. The van der Waals surface area contributed by atoms with Gasteiger partial charge in [-0.1, -0.05) is 6.07 Å². The van der Waals surface area contributed by atoms with Gasteiger partial charge >= 0.3 is 12.0 Å². The van der Waals surface area contributed by atoms with Crippen LogP contribution in [0.1, 0.15) is 19.4 Å². The third-order valence-corrected chi connectivity index (χ3v) is 2.64. The predicted octanol–water partition coefficient (Wildman–Crippen LogP) is 1.09. The summed E-state index contributed by atoms with van der Waals surface area (Å²) in [5.74, 6) is -0.547. The SMILES string of the molecule is COc1ccc(CNC(=O)N(CC(=O)O)C(C)C)cn1.